The topological polar surface area (TPSA) is 26.3 Å². The number of quaternary nitrogens is 1. The summed E-state index contributed by atoms with van der Waals surface area (Å²) in [5, 5.41) is 0. The Labute approximate surface area is 230 Å². The Morgan fingerprint density at radius 1 is 0.838 bits per heavy atom. The van der Waals surface area contributed by atoms with Gasteiger partial charge in [0.05, 0.1) is 20.6 Å². The van der Waals surface area contributed by atoms with E-state index in [9.17, 15) is 4.79 Å². The first-order chi connectivity index (χ1) is 17.6. The normalized spacial score (nSPS) is 12.1. The number of hydrogen-bond donors (Lipinski definition) is 0. The molecule has 0 fully saturated rings. The average molecular weight is 515 g/mol. The van der Waals surface area contributed by atoms with Crippen LogP contribution >= 0.6 is 0 Å². The van der Waals surface area contributed by atoms with Crippen molar-refractivity contribution in [1.29, 1.82) is 0 Å². The molecule has 212 valence electrons. The first-order valence-electron chi connectivity index (χ1n) is 15.4. The molecule has 0 spiro atoms. The van der Waals surface area contributed by atoms with Crippen LogP contribution in [0.2, 0.25) is 0 Å². The molecule has 0 saturated heterocycles. The standard InChI is InChI=1S/C34H60NO2/c1-9-12-13-14-15-16-17-18-19-20-21-22-23-24-28-35(7,8)34(5,6)31-27-26-29(4)33(30(31)25-10-2)37-32(36)11-3/h11,26-27H,3,9-10,12-25,28H2,1-2,4-8H3/q+1. The molecule has 0 unspecified atom stereocenters. The van der Waals surface area contributed by atoms with Crippen LogP contribution in [-0.2, 0) is 16.8 Å². The molecule has 0 aromatic heterocycles. The summed E-state index contributed by atoms with van der Waals surface area (Å²) in [6.45, 7) is 15.9. The third-order valence-corrected chi connectivity index (χ3v) is 8.57. The quantitative estimate of drug-likeness (QED) is 0.0536. The fourth-order valence-electron chi connectivity index (χ4n) is 5.41. The van der Waals surface area contributed by atoms with E-state index in [-0.39, 0.29) is 11.5 Å². The van der Waals surface area contributed by atoms with Crippen LogP contribution < -0.4 is 4.74 Å². The van der Waals surface area contributed by atoms with E-state index in [2.05, 4.69) is 60.5 Å². The number of aryl methyl sites for hydroxylation is 1. The molecule has 0 atom stereocenters. The summed E-state index contributed by atoms with van der Waals surface area (Å²) in [5.74, 6) is 0.348. The van der Waals surface area contributed by atoms with E-state index >= 15 is 0 Å². The Bertz CT molecular complexity index is 793. The minimum Gasteiger partial charge on any atom is -0.423 e. The number of rotatable bonds is 21. The molecule has 1 aromatic rings. The molecule has 0 saturated carbocycles. The number of hydrogen-bond acceptors (Lipinski definition) is 2. The molecular formula is C34H60NO2+. The van der Waals surface area contributed by atoms with Gasteiger partial charge in [0.15, 0.2) is 0 Å². The summed E-state index contributed by atoms with van der Waals surface area (Å²) < 4.78 is 6.67. The second-order valence-electron chi connectivity index (χ2n) is 12.2. The van der Waals surface area contributed by atoms with Crippen molar-refractivity contribution in [3.05, 3.63) is 41.5 Å². The number of carbonyl (C=O) groups is 1. The zero-order valence-corrected chi connectivity index (χ0v) is 25.7. The minimum absolute atomic E-state index is 0.0932. The van der Waals surface area contributed by atoms with E-state index in [1.54, 1.807) is 0 Å². The van der Waals surface area contributed by atoms with Gasteiger partial charge in [-0.1, -0.05) is 116 Å². The Morgan fingerprint density at radius 2 is 1.32 bits per heavy atom. The Morgan fingerprint density at radius 3 is 1.78 bits per heavy atom. The maximum atomic E-state index is 12.1. The van der Waals surface area contributed by atoms with Crippen molar-refractivity contribution in [3.63, 3.8) is 0 Å². The maximum absolute atomic E-state index is 12.1. The van der Waals surface area contributed by atoms with Gasteiger partial charge < -0.3 is 9.22 Å². The molecular weight excluding hydrogens is 454 g/mol. The van der Waals surface area contributed by atoms with Crippen LogP contribution in [0.1, 0.15) is 141 Å². The smallest absolute Gasteiger partial charge is 0.335 e. The molecule has 3 nitrogen and oxygen atoms in total. The van der Waals surface area contributed by atoms with Crippen LogP contribution in [0.3, 0.4) is 0 Å². The molecule has 37 heavy (non-hydrogen) atoms. The predicted molar refractivity (Wildman–Crippen MR) is 161 cm³/mol. The van der Waals surface area contributed by atoms with E-state index in [4.69, 9.17) is 4.74 Å². The molecule has 3 heteroatoms. The van der Waals surface area contributed by atoms with Crippen molar-refractivity contribution in [2.75, 3.05) is 20.6 Å². The summed E-state index contributed by atoms with van der Waals surface area (Å²) in [6, 6.07) is 4.37. The van der Waals surface area contributed by atoms with Gasteiger partial charge in [0.2, 0.25) is 0 Å². The SMILES string of the molecule is C=CC(=O)Oc1c(C)ccc(C(C)(C)[N+](C)(C)CCCCCCCCCCCCCCCC)c1CCC. The van der Waals surface area contributed by atoms with Gasteiger partial charge in [-0.25, -0.2) is 4.79 Å². The number of unbranched alkanes of at least 4 members (excludes halogenated alkanes) is 13. The van der Waals surface area contributed by atoms with Crippen molar-refractivity contribution in [3.8, 4) is 5.75 Å². The third-order valence-electron chi connectivity index (χ3n) is 8.57. The van der Waals surface area contributed by atoms with Gasteiger partial charge in [-0.2, -0.15) is 0 Å². The van der Waals surface area contributed by atoms with E-state index < -0.39 is 0 Å². The Kier molecular flexibility index (Phi) is 16.1. The summed E-state index contributed by atoms with van der Waals surface area (Å²) in [7, 11) is 4.71. The molecule has 0 N–H and O–H groups in total. The van der Waals surface area contributed by atoms with Gasteiger partial charge in [0.25, 0.3) is 0 Å². The largest absolute Gasteiger partial charge is 0.423 e. The zero-order chi connectivity index (χ0) is 27.7. The molecule has 0 aliphatic heterocycles. The fraction of sp³-hybridized carbons (Fsp3) is 0.735. The molecule has 0 heterocycles. The molecule has 0 aliphatic rings. The number of ether oxygens (including phenoxy) is 1. The van der Waals surface area contributed by atoms with E-state index in [1.807, 2.05) is 6.92 Å². The van der Waals surface area contributed by atoms with Crippen molar-refractivity contribution >= 4 is 5.97 Å². The van der Waals surface area contributed by atoms with Gasteiger partial charge in [-0.15, -0.1) is 0 Å². The van der Waals surface area contributed by atoms with Crippen molar-refractivity contribution < 1.29 is 14.0 Å². The third kappa shape index (κ3) is 11.3. The highest BCUT2D eigenvalue weighted by Gasteiger charge is 2.40. The van der Waals surface area contributed by atoms with Crippen LogP contribution in [0.15, 0.2) is 24.8 Å². The lowest BCUT2D eigenvalue weighted by Gasteiger charge is -2.46. The number of nitrogens with zero attached hydrogens (tertiary/aromatic N) is 1. The summed E-state index contributed by atoms with van der Waals surface area (Å²) in [6.07, 6.45) is 22.6. The lowest BCUT2D eigenvalue weighted by atomic mass is 9.83. The van der Waals surface area contributed by atoms with Gasteiger partial charge in [0.1, 0.15) is 11.3 Å². The number of carbonyl (C=O) groups excluding carboxylic acids is 1. The first kappa shape index (κ1) is 33.4. The van der Waals surface area contributed by atoms with Gasteiger partial charge in [-0.05, 0) is 45.6 Å². The zero-order valence-electron chi connectivity index (χ0n) is 25.7. The lowest BCUT2D eigenvalue weighted by Crippen LogP contribution is -2.54. The molecule has 0 radical (unpaired) electrons. The molecule has 0 aliphatic carbocycles. The highest BCUT2D eigenvalue weighted by atomic mass is 16.5. The van der Waals surface area contributed by atoms with Crippen LogP contribution in [0, 0.1) is 6.92 Å². The van der Waals surface area contributed by atoms with Gasteiger partial charge in [0, 0.05) is 17.2 Å². The van der Waals surface area contributed by atoms with Crippen LogP contribution in [0.4, 0.5) is 0 Å². The monoisotopic (exact) mass is 514 g/mol. The van der Waals surface area contributed by atoms with Crippen molar-refractivity contribution in [1.82, 2.24) is 0 Å². The van der Waals surface area contributed by atoms with Crippen LogP contribution in [0.5, 0.6) is 5.75 Å². The second kappa shape index (κ2) is 17.8. The average Bonchev–Trinajstić information content (AvgIpc) is 2.86. The number of esters is 1. The van der Waals surface area contributed by atoms with Gasteiger partial charge >= 0.3 is 5.97 Å². The van der Waals surface area contributed by atoms with Crippen LogP contribution in [0.25, 0.3) is 0 Å². The van der Waals surface area contributed by atoms with E-state index in [0.717, 1.165) is 35.2 Å². The van der Waals surface area contributed by atoms with Crippen LogP contribution in [-0.4, -0.2) is 31.1 Å². The number of benzene rings is 1. The fourth-order valence-corrected chi connectivity index (χ4v) is 5.41. The molecule has 0 bridgehead atoms. The minimum atomic E-state index is -0.383. The molecule has 1 aromatic carbocycles. The highest BCUT2D eigenvalue weighted by Crippen LogP contribution is 2.40. The van der Waals surface area contributed by atoms with E-state index in [1.165, 1.54) is 107 Å². The van der Waals surface area contributed by atoms with Gasteiger partial charge in [-0.3, -0.25) is 0 Å². The lowest BCUT2D eigenvalue weighted by molar-refractivity contribution is -0.945. The summed E-state index contributed by atoms with van der Waals surface area (Å²) in [5.41, 5.74) is 3.39. The summed E-state index contributed by atoms with van der Waals surface area (Å²) >= 11 is 0. The first-order valence-corrected chi connectivity index (χ1v) is 15.4. The predicted octanol–water partition coefficient (Wildman–Crippen LogP) is 9.83. The summed E-state index contributed by atoms with van der Waals surface area (Å²) in [4.78, 5) is 12.1. The van der Waals surface area contributed by atoms with E-state index in [0.29, 0.717) is 0 Å². The maximum Gasteiger partial charge on any atom is 0.335 e. The Balaban J connectivity index is 2.54. The van der Waals surface area contributed by atoms with Crippen molar-refractivity contribution in [2.24, 2.45) is 0 Å². The molecule has 1 rings (SSSR count). The molecule has 0 amide bonds. The second-order valence-corrected chi connectivity index (χ2v) is 12.2. The van der Waals surface area contributed by atoms with Crippen molar-refractivity contribution in [2.45, 2.75) is 143 Å². The highest BCUT2D eigenvalue weighted by molar-refractivity contribution is 5.84. The Hall–Kier alpha value is -1.61.